The highest BCUT2D eigenvalue weighted by atomic mass is 16.5. The molecule has 3 aromatic rings. The Bertz CT molecular complexity index is 971. The average Bonchev–Trinajstić information content (AvgIpc) is 3.43. The van der Waals surface area contributed by atoms with Crippen molar-refractivity contribution < 1.29 is 14.1 Å². The summed E-state index contributed by atoms with van der Waals surface area (Å²) >= 11 is 0. The van der Waals surface area contributed by atoms with Gasteiger partial charge in [-0.15, -0.1) is 0 Å². The molecule has 0 radical (unpaired) electrons. The Balaban J connectivity index is 1.20. The minimum absolute atomic E-state index is 0.150. The zero-order chi connectivity index (χ0) is 20.8. The SMILES string of the molecule is Cc1cccc(-c2noc(CCC(=O)N3CC[C@H](CCOc4ccccc4)C3)n2)c1. The maximum Gasteiger partial charge on any atom is 0.227 e. The van der Waals surface area contributed by atoms with Gasteiger partial charge in [0.15, 0.2) is 0 Å². The predicted molar refractivity (Wildman–Crippen MR) is 114 cm³/mol. The van der Waals surface area contributed by atoms with Crippen LogP contribution in [0.4, 0.5) is 0 Å². The van der Waals surface area contributed by atoms with E-state index in [0.717, 1.165) is 42.8 Å². The molecule has 1 aliphatic rings. The summed E-state index contributed by atoms with van der Waals surface area (Å²) in [5, 5.41) is 4.05. The number of aryl methyl sites for hydroxylation is 2. The highest BCUT2D eigenvalue weighted by Gasteiger charge is 2.26. The number of hydrogen-bond donors (Lipinski definition) is 0. The van der Waals surface area contributed by atoms with E-state index in [2.05, 4.69) is 10.1 Å². The van der Waals surface area contributed by atoms with Gasteiger partial charge in [0, 0.05) is 31.5 Å². The topological polar surface area (TPSA) is 68.5 Å². The molecule has 1 saturated heterocycles. The van der Waals surface area contributed by atoms with Gasteiger partial charge in [-0.25, -0.2) is 0 Å². The molecule has 2 aromatic carbocycles. The summed E-state index contributed by atoms with van der Waals surface area (Å²) in [7, 11) is 0. The van der Waals surface area contributed by atoms with Gasteiger partial charge in [0.1, 0.15) is 5.75 Å². The molecule has 0 spiro atoms. The van der Waals surface area contributed by atoms with Crippen LogP contribution in [-0.4, -0.2) is 40.6 Å². The molecule has 6 heteroatoms. The van der Waals surface area contributed by atoms with Crippen LogP contribution < -0.4 is 4.74 Å². The summed E-state index contributed by atoms with van der Waals surface area (Å²) in [5.74, 6) is 2.62. The highest BCUT2D eigenvalue weighted by Crippen LogP contribution is 2.22. The van der Waals surface area contributed by atoms with Crippen LogP contribution in [0.15, 0.2) is 59.1 Å². The first kappa shape index (κ1) is 20.1. The number of carbonyl (C=O) groups excluding carboxylic acids is 1. The fraction of sp³-hybridized carbons (Fsp3) is 0.375. The Labute approximate surface area is 176 Å². The van der Waals surface area contributed by atoms with Crippen molar-refractivity contribution in [2.45, 2.75) is 32.6 Å². The van der Waals surface area contributed by atoms with Gasteiger partial charge in [-0.3, -0.25) is 4.79 Å². The van der Waals surface area contributed by atoms with E-state index in [0.29, 0.717) is 37.1 Å². The molecule has 30 heavy (non-hydrogen) atoms. The third-order valence-corrected chi connectivity index (χ3v) is 5.47. The molecule has 1 aliphatic heterocycles. The molecule has 1 aromatic heterocycles. The molecule has 6 nitrogen and oxygen atoms in total. The van der Waals surface area contributed by atoms with Crippen molar-refractivity contribution in [3.8, 4) is 17.1 Å². The summed E-state index contributed by atoms with van der Waals surface area (Å²) < 4.78 is 11.1. The van der Waals surface area contributed by atoms with Crippen molar-refractivity contribution in [1.29, 1.82) is 0 Å². The first-order valence-electron chi connectivity index (χ1n) is 10.5. The molecular weight excluding hydrogens is 378 g/mol. The van der Waals surface area contributed by atoms with E-state index in [1.807, 2.05) is 66.4 Å². The van der Waals surface area contributed by atoms with Crippen molar-refractivity contribution in [3.63, 3.8) is 0 Å². The lowest BCUT2D eigenvalue weighted by Crippen LogP contribution is -2.29. The van der Waals surface area contributed by atoms with Gasteiger partial charge in [-0.05, 0) is 43.9 Å². The van der Waals surface area contributed by atoms with Crippen molar-refractivity contribution in [3.05, 3.63) is 66.1 Å². The quantitative estimate of drug-likeness (QED) is 0.559. The average molecular weight is 405 g/mol. The lowest BCUT2D eigenvalue weighted by molar-refractivity contribution is -0.130. The van der Waals surface area contributed by atoms with Crippen molar-refractivity contribution >= 4 is 5.91 Å². The second kappa shape index (κ2) is 9.57. The fourth-order valence-electron chi connectivity index (χ4n) is 3.78. The second-order valence-electron chi connectivity index (χ2n) is 7.83. The van der Waals surface area contributed by atoms with Crippen LogP contribution in [0, 0.1) is 12.8 Å². The Morgan fingerprint density at radius 3 is 2.90 bits per heavy atom. The number of hydrogen-bond acceptors (Lipinski definition) is 5. The maximum atomic E-state index is 12.6. The van der Waals surface area contributed by atoms with Gasteiger partial charge in [-0.1, -0.05) is 47.1 Å². The third-order valence-electron chi connectivity index (χ3n) is 5.47. The van der Waals surface area contributed by atoms with E-state index >= 15 is 0 Å². The first-order chi connectivity index (χ1) is 14.7. The Kier molecular flexibility index (Phi) is 6.42. The molecule has 1 fully saturated rings. The van der Waals surface area contributed by atoms with Crippen molar-refractivity contribution in [2.75, 3.05) is 19.7 Å². The fourth-order valence-corrected chi connectivity index (χ4v) is 3.78. The zero-order valence-corrected chi connectivity index (χ0v) is 17.3. The van der Waals surface area contributed by atoms with Crippen LogP contribution in [0.25, 0.3) is 11.4 Å². The number of amides is 1. The highest BCUT2D eigenvalue weighted by molar-refractivity contribution is 5.76. The van der Waals surface area contributed by atoms with E-state index < -0.39 is 0 Å². The molecule has 1 amide bonds. The molecule has 4 rings (SSSR count). The number of rotatable bonds is 8. The van der Waals surface area contributed by atoms with Crippen LogP contribution >= 0.6 is 0 Å². The summed E-state index contributed by atoms with van der Waals surface area (Å²) in [4.78, 5) is 19.0. The van der Waals surface area contributed by atoms with Gasteiger partial charge >= 0.3 is 0 Å². The van der Waals surface area contributed by atoms with Gasteiger partial charge in [0.05, 0.1) is 6.61 Å². The summed E-state index contributed by atoms with van der Waals surface area (Å²) in [6.07, 6.45) is 2.85. The van der Waals surface area contributed by atoms with Crippen LogP contribution in [0.1, 0.15) is 30.7 Å². The minimum atomic E-state index is 0.150. The van der Waals surface area contributed by atoms with Crippen LogP contribution in [0.5, 0.6) is 5.75 Å². The van der Waals surface area contributed by atoms with Crippen LogP contribution in [0.3, 0.4) is 0 Å². The van der Waals surface area contributed by atoms with Gasteiger partial charge < -0.3 is 14.2 Å². The van der Waals surface area contributed by atoms with E-state index in [1.54, 1.807) is 0 Å². The number of aromatic nitrogens is 2. The molecule has 0 N–H and O–H groups in total. The smallest absolute Gasteiger partial charge is 0.227 e. The number of carbonyl (C=O) groups is 1. The van der Waals surface area contributed by atoms with Crippen molar-refractivity contribution in [2.24, 2.45) is 5.92 Å². The molecule has 0 aliphatic carbocycles. The number of nitrogens with zero attached hydrogens (tertiary/aromatic N) is 3. The molecule has 156 valence electrons. The first-order valence-corrected chi connectivity index (χ1v) is 10.5. The monoisotopic (exact) mass is 405 g/mol. The molecular formula is C24H27N3O3. The summed E-state index contributed by atoms with van der Waals surface area (Å²) in [5.41, 5.74) is 2.07. The maximum absolute atomic E-state index is 12.6. The summed E-state index contributed by atoms with van der Waals surface area (Å²) in [6.45, 7) is 4.32. The molecule has 0 saturated carbocycles. The molecule has 0 unspecified atom stereocenters. The number of likely N-dealkylation sites (tertiary alicyclic amines) is 1. The predicted octanol–water partition coefficient (Wildman–Crippen LogP) is 4.30. The van der Waals surface area contributed by atoms with Gasteiger partial charge in [0.2, 0.25) is 17.6 Å². The molecule has 1 atom stereocenters. The Morgan fingerprint density at radius 1 is 1.20 bits per heavy atom. The minimum Gasteiger partial charge on any atom is -0.494 e. The molecule has 0 bridgehead atoms. The van der Waals surface area contributed by atoms with Crippen LogP contribution in [-0.2, 0) is 11.2 Å². The Morgan fingerprint density at radius 2 is 2.07 bits per heavy atom. The van der Waals surface area contributed by atoms with E-state index in [9.17, 15) is 4.79 Å². The second-order valence-corrected chi connectivity index (χ2v) is 7.83. The van der Waals surface area contributed by atoms with Gasteiger partial charge in [0.25, 0.3) is 0 Å². The normalized spacial score (nSPS) is 16.0. The van der Waals surface area contributed by atoms with E-state index in [4.69, 9.17) is 9.26 Å². The number of benzene rings is 2. The lowest BCUT2D eigenvalue weighted by Gasteiger charge is -2.16. The van der Waals surface area contributed by atoms with Crippen molar-refractivity contribution in [1.82, 2.24) is 15.0 Å². The summed E-state index contributed by atoms with van der Waals surface area (Å²) in [6, 6.07) is 17.8. The number of ether oxygens (including phenoxy) is 1. The number of para-hydroxylation sites is 1. The van der Waals surface area contributed by atoms with Gasteiger partial charge in [-0.2, -0.15) is 4.98 Å². The largest absolute Gasteiger partial charge is 0.494 e. The van der Waals surface area contributed by atoms with E-state index in [1.165, 1.54) is 0 Å². The molecule has 2 heterocycles. The van der Waals surface area contributed by atoms with Crippen LogP contribution in [0.2, 0.25) is 0 Å². The zero-order valence-electron chi connectivity index (χ0n) is 17.3. The lowest BCUT2D eigenvalue weighted by atomic mass is 10.1. The third kappa shape index (κ3) is 5.26. The van der Waals surface area contributed by atoms with E-state index in [-0.39, 0.29) is 5.91 Å². The Hall–Kier alpha value is -3.15. The standard InChI is InChI=1S/C24H27N3O3/c1-18-6-5-7-20(16-18)24-25-22(30-26-24)10-11-23(28)27-14-12-19(17-27)13-15-29-21-8-3-2-4-9-21/h2-9,16,19H,10-15,17H2,1H3/t19-/m1/s1.